The lowest BCUT2D eigenvalue weighted by atomic mass is 10.9. The van der Waals surface area contributed by atoms with Crippen LogP contribution in [0.4, 0.5) is 0 Å². The molecule has 0 aromatic rings. The third kappa shape index (κ3) is 1.81. The largest absolute Gasteiger partial charge is 0.271 e. The lowest BCUT2D eigenvalue weighted by molar-refractivity contribution is -0.0658. The molecule has 1 radical (unpaired) electrons. The van der Waals surface area contributed by atoms with Crippen LogP contribution in [-0.2, 0) is 4.84 Å². The highest BCUT2D eigenvalue weighted by molar-refractivity contribution is 5.73. The first-order chi connectivity index (χ1) is 4.43. The van der Waals surface area contributed by atoms with E-state index >= 15 is 0 Å². The number of rotatable bonds is 2. The van der Waals surface area contributed by atoms with Gasteiger partial charge in [0.15, 0.2) is 6.67 Å². The maximum Gasteiger partial charge on any atom is 0.191 e. The van der Waals surface area contributed by atoms with Crippen molar-refractivity contribution in [3.8, 4) is 0 Å². The molecule has 0 saturated heterocycles. The molecule has 0 aliphatic carbocycles. The number of hydroxylamine groups is 2. The van der Waals surface area contributed by atoms with E-state index in [1.807, 2.05) is 6.92 Å². The van der Waals surface area contributed by atoms with Gasteiger partial charge in [-0.05, 0) is 6.92 Å². The van der Waals surface area contributed by atoms with Crippen LogP contribution in [0.25, 0.3) is 0 Å². The summed E-state index contributed by atoms with van der Waals surface area (Å²) < 4.78 is 0. The Kier molecular flexibility index (Phi) is 2.21. The van der Waals surface area contributed by atoms with Crippen molar-refractivity contribution >= 4 is 12.7 Å². The van der Waals surface area contributed by atoms with Crippen LogP contribution in [0.15, 0.2) is 9.98 Å². The first-order valence-electron chi connectivity index (χ1n) is 2.73. The standard InChI is InChI=1S/C5H8N3O/c1-2-9-8-4-6-3-7-5-8/h3-5H,2H2,1H3. The smallest absolute Gasteiger partial charge is 0.191 e. The van der Waals surface area contributed by atoms with E-state index in [-0.39, 0.29) is 0 Å². The van der Waals surface area contributed by atoms with Crippen molar-refractivity contribution in [1.82, 2.24) is 5.06 Å². The van der Waals surface area contributed by atoms with Gasteiger partial charge in [-0.25, -0.2) is 15.0 Å². The van der Waals surface area contributed by atoms with E-state index in [0.29, 0.717) is 6.61 Å². The molecular weight excluding hydrogens is 118 g/mol. The van der Waals surface area contributed by atoms with Gasteiger partial charge in [0.1, 0.15) is 12.7 Å². The maximum absolute atomic E-state index is 5.00. The van der Waals surface area contributed by atoms with Crippen LogP contribution in [0, 0.1) is 6.67 Å². The second-order valence-electron chi connectivity index (χ2n) is 1.42. The first kappa shape index (κ1) is 6.22. The third-order valence-electron chi connectivity index (χ3n) is 0.772. The molecule has 9 heavy (non-hydrogen) atoms. The molecule has 0 saturated carbocycles. The third-order valence-corrected chi connectivity index (χ3v) is 0.772. The summed E-state index contributed by atoms with van der Waals surface area (Å²) in [6.07, 6.45) is 3.01. The summed E-state index contributed by atoms with van der Waals surface area (Å²) in [5.41, 5.74) is 0. The zero-order valence-electron chi connectivity index (χ0n) is 5.19. The van der Waals surface area contributed by atoms with Gasteiger partial charge >= 0.3 is 0 Å². The highest BCUT2D eigenvalue weighted by Gasteiger charge is 1.98. The topological polar surface area (TPSA) is 37.2 Å². The lowest BCUT2D eigenvalue weighted by Crippen LogP contribution is -2.20. The van der Waals surface area contributed by atoms with Crippen molar-refractivity contribution in [2.75, 3.05) is 6.61 Å². The monoisotopic (exact) mass is 126 g/mol. The van der Waals surface area contributed by atoms with Crippen molar-refractivity contribution in [1.29, 1.82) is 0 Å². The second-order valence-corrected chi connectivity index (χ2v) is 1.42. The maximum atomic E-state index is 5.00. The number of hydrogen-bond donors (Lipinski definition) is 0. The van der Waals surface area contributed by atoms with E-state index < -0.39 is 0 Å². The minimum Gasteiger partial charge on any atom is -0.271 e. The van der Waals surface area contributed by atoms with E-state index in [1.54, 1.807) is 13.0 Å². The predicted molar refractivity (Wildman–Crippen MR) is 34.7 cm³/mol. The average Bonchev–Trinajstić information content (AvgIpc) is 1.91. The van der Waals surface area contributed by atoms with Crippen LogP contribution in [0.3, 0.4) is 0 Å². The van der Waals surface area contributed by atoms with Crippen LogP contribution in [0.1, 0.15) is 6.92 Å². The molecule has 0 spiro atoms. The van der Waals surface area contributed by atoms with Crippen LogP contribution in [0.5, 0.6) is 0 Å². The van der Waals surface area contributed by atoms with E-state index in [4.69, 9.17) is 4.84 Å². The molecule has 0 fully saturated rings. The Labute approximate surface area is 53.8 Å². The van der Waals surface area contributed by atoms with Crippen molar-refractivity contribution in [3.05, 3.63) is 6.67 Å². The van der Waals surface area contributed by atoms with Crippen LogP contribution in [0.2, 0.25) is 0 Å². The highest BCUT2D eigenvalue weighted by Crippen LogP contribution is 1.94. The Morgan fingerprint density at radius 1 is 1.56 bits per heavy atom. The number of aliphatic imine (C=N–C) groups is 2. The molecule has 0 bridgehead atoms. The zero-order valence-corrected chi connectivity index (χ0v) is 5.19. The number of nitrogens with zero attached hydrogens (tertiary/aromatic N) is 3. The van der Waals surface area contributed by atoms with Crippen molar-refractivity contribution in [2.24, 2.45) is 9.98 Å². The van der Waals surface area contributed by atoms with Gasteiger partial charge in [-0.3, -0.25) is 4.84 Å². The molecule has 1 rings (SSSR count). The molecule has 0 N–H and O–H groups in total. The minimum absolute atomic E-state index is 0.623. The van der Waals surface area contributed by atoms with E-state index in [9.17, 15) is 0 Å². The van der Waals surface area contributed by atoms with Gasteiger partial charge in [0.25, 0.3) is 0 Å². The molecule has 1 aliphatic rings. The lowest BCUT2D eigenvalue weighted by Gasteiger charge is -2.14. The highest BCUT2D eigenvalue weighted by atomic mass is 16.7. The van der Waals surface area contributed by atoms with Gasteiger partial charge in [-0.2, -0.15) is 0 Å². The number of hydrogen-bond acceptors (Lipinski definition) is 4. The van der Waals surface area contributed by atoms with Crippen molar-refractivity contribution in [2.45, 2.75) is 6.92 Å². The van der Waals surface area contributed by atoms with Crippen LogP contribution >= 0.6 is 0 Å². The summed E-state index contributed by atoms with van der Waals surface area (Å²) in [5, 5.41) is 1.46. The summed E-state index contributed by atoms with van der Waals surface area (Å²) in [7, 11) is 0. The molecule has 4 heteroatoms. The Morgan fingerprint density at radius 2 is 2.44 bits per heavy atom. The Bertz CT molecular complexity index is 132. The molecule has 0 atom stereocenters. The predicted octanol–water partition coefficient (Wildman–Crippen LogP) is 0.429. The molecule has 0 aromatic carbocycles. The second kappa shape index (κ2) is 3.19. The Hall–Kier alpha value is -0.900. The summed E-state index contributed by atoms with van der Waals surface area (Å²) in [6, 6.07) is 0. The van der Waals surface area contributed by atoms with E-state index in [0.717, 1.165) is 0 Å². The molecule has 0 aromatic heterocycles. The van der Waals surface area contributed by atoms with Gasteiger partial charge in [-0.1, -0.05) is 0 Å². The first-order valence-corrected chi connectivity index (χ1v) is 2.73. The molecule has 0 unspecified atom stereocenters. The summed E-state index contributed by atoms with van der Waals surface area (Å²) in [5.74, 6) is 0. The molecule has 49 valence electrons. The fourth-order valence-corrected chi connectivity index (χ4v) is 0.475. The molecule has 1 heterocycles. The van der Waals surface area contributed by atoms with Crippen molar-refractivity contribution < 1.29 is 4.84 Å². The Morgan fingerprint density at radius 3 is 3.00 bits per heavy atom. The fourth-order valence-electron chi connectivity index (χ4n) is 0.475. The SMILES string of the molecule is CCON1[CH]N=CN=C1. The minimum atomic E-state index is 0.623. The molecule has 4 nitrogen and oxygen atoms in total. The summed E-state index contributed by atoms with van der Waals surface area (Å²) in [4.78, 5) is 12.5. The summed E-state index contributed by atoms with van der Waals surface area (Å²) in [6.45, 7) is 4.08. The van der Waals surface area contributed by atoms with Gasteiger partial charge in [0.2, 0.25) is 0 Å². The van der Waals surface area contributed by atoms with Gasteiger partial charge in [0.05, 0.1) is 6.61 Å². The normalized spacial score (nSPS) is 16.8. The fraction of sp³-hybridized carbons (Fsp3) is 0.400. The average molecular weight is 126 g/mol. The van der Waals surface area contributed by atoms with Crippen LogP contribution < -0.4 is 0 Å². The molecule has 1 aliphatic heterocycles. The quantitative estimate of drug-likeness (QED) is 0.538. The molecular formula is C5H8N3O. The van der Waals surface area contributed by atoms with E-state index in [1.165, 1.54) is 11.4 Å². The van der Waals surface area contributed by atoms with Crippen LogP contribution in [-0.4, -0.2) is 24.3 Å². The van der Waals surface area contributed by atoms with Gasteiger partial charge < -0.3 is 0 Å². The summed E-state index contributed by atoms with van der Waals surface area (Å²) >= 11 is 0. The zero-order chi connectivity index (χ0) is 6.53. The Balaban J connectivity index is 2.28. The van der Waals surface area contributed by atoms with Crippen molar-refractivity contribution in [3.63, 3.8) is 0 Å². The molecule has 0 amide bonds. The van der Waals surface area contributed by atoms with Gasteiger partial charge in [-0.15, -0.1) is 0 Å². The van der Waals surface area contributed by atoms with E-state index in [2.05, 4.69) is 9.98 Å². The van der Waals surface area contributed by atoms with Gasteiger partial charge in [0, 0.05) is 0 Å².